The highest BCUT2D eigenvalue weighted by molar-refractivity contribution is 9.13. The van der Waals surface area contributed by atoms with Crippen molar-refractivity contribution in [3.8, 4) is 0 Å². The first-order valence-corrected chi connectivity index (χ1v) is 8.42. The minimum atomic E-state index is 0.332. The molecule has 1 saturated heterocycles. The zero-order chi connectivity index (χ0) is 12.3. The number of hydrogen-bond acceptors (Lipinski definition) is 3. The van der Waals surface area contributed by atoms with E-state index in [2.05, 4.69) is 50.2 Å². The minimum Gasteiger partial charge on any atom is -0.376 e. The summed E-state index contributed by atoms with van der Waals surface area (Å²) in [6.07, 6.45) is 3.83. The van der Waals surface area contributed by atoms with Crippen molar-refractivity contribution in [1.29, 1.82) is 0 Å². The molecule has 0 amide bonds. The Bertz CT molecular complexity index is 344. The fraction of sp³-hybridized carbons (Fsp3) is 0.667. The molecule has 17 heavy (non-hydrogen) atoms. The molecule has 2 heterocycles. The summed E-state index contributed by atoms with van der Waals surface area (Å²) in [5.41, 5.74) is 0. The predicted octanol–water partition coefficient (Wildman–Crippen LogP) is 4.49. The average Bonchev–Trinajstić information content (AvgIpc) is 2.92. The molecule has 1 aromatic rings. The third-order valence-electron chi connectivity index (χ3n) is 2.92. The summed E-state index contributed by atoms with van der Waals surface area (Å²) >= 11 is 8.91. The van der Waals surface area contributed by atoms with E-state index in [0.717, 1.165) is 34.3 Å². The predicted molar refractivity (Wildman–Crippen MR) is 79.7 cm³/mol. The van der Waals surface area contributed by atoms with Crippen LogP contribution < -0.4 is 5.32 Å². The first kappa shape index (κ1) is 14.0. The summed E-state index contributed by atoms with van der Waals surface area (Å²) in [5.74, 6) is 0. The van der Waals surface area contributed by atoms with Gasteiger partial charge in [-0.3, -0.25) is 0 Å². The van der Waals surface area contributed by atoms with E-state index in [1.54, 1.807) is 11.3 Å². The molecule has 5 heteroatoms. The Morgan fingerprint density at radius 3 is 2.94 bits per heavy atom. The standard InChI is InChI=1S/C12H17Br2NOS/c1-2-5-15-11(9-4-3-6-16-9)10-7-8(13)12(14)17-10/h7,9,11,15H,2-6H2,1H3. The Morgan fingerprint density at radius 2 is 2.41 bits per heavy atom. The summed E-state index contributed by atoms with van der Waals surface area (Å²) < 4.78 is 8.13. The van der Waals surface area contributed by atoms with Crippen LogP contribution in [0.1, 0.15) is 37.1 Å². The fourth-order valence-electron chi connectivity index (χ4n) is 2.10. The average molecular weight is 383 g/mol. The summed E-state index contributed by atoms with van der Waals surface area (Å²) in [6.45, 7) is 4.14. The molecule has 2 nitrogen and oxygen atoms in total. The van der Waals surface area contributed by atoms with E-state index in [0.29, 0.717) is 12.1 Å². The van der Waals surface area contributed by atoms with Crippen LogP contribution in [-0.4, -0.2) is 19.3 Å². The fourth-order valence-corrected chi connectivity index (χ4v) is 4.32. The third kappa shape index (κ3) is 3.53. The number of ether oxygens (including phenoxy) is 1. The molecule has 96 valence electrons. The van der Waals surface area contributed by atoms with Crippen LogP contribution in [-0.2, 0) is 4.74 Å². The highest BCUT2D eigenvalue weighted by Gasteiger charge is 2.28. The molecule has 1 fully saturated rings. The molecule has 0 spiro atoms. The highest BCUT2D eigenvalue weighted by atomic mass is 79.9. The van der Waals surface area contributed by atoms with Crippen LogP contribution in [0.5, 0.6) is 0 Å². The van der Waals surface area contributed by atoms with E-state index in [-0.39, 0.29) is 0 Å². The zero-order valence-electron chi connectivity index (χ0n) is 9.84. The lowest BCUT2D eigenvalue weighted by molar-refractivity contribution is 0.0793. The lowest BCUT2D eigenvalue weighted by Gasteiger charge is -2.23. The minimum absolute atomic E-state index is 0.332. The van der Waals surface area contributed by atoms with Crippen molar-refractivity contribution in [2.24, 2.45) is 0 Å². The van der Waals surface area contributed by atoms with Gasteiger partial charge in [-0.15, -0.1) is 11.3 Å². The van der Waals surface area contributed by atoms with Crippen LogP contribution in [0.25, 0.3) is 0 Å². The summed E-state index contributed by atoms with van der Waals surface area (Å²) in [6, 6.07) is 2.54. The molecule has 2 atom stereocenters. The van der Waals surface area contributed by atoms with E-state index in [1.165, 1.54) is 11.3 Å². The highest BCUT2D eigenvalue weighted by Crippen LogP contribution is 2.38. The first-order chi connectivity index (χ1) is 8.22. The summed E-state index contributed by atoms with van der Waals surface area (Å²) in [4.78, 5) is 1.35. The molecule has 0 saturated carbocycles. The maximum atomic E-state index is 5.83. The number of thiophene rings is 1. The molecule has 0 aromatic carbocycles. The van der Waals surface area contributed by atoms with Gasteiger partial charge in [-0.2, -0.15) is 0 Å². The number of nitrogens with one attached hydrogen (secondary N) is 1. The Kier molecular flexibility index (Phi) is 5.49. The largest absolute Gasteiger partial charge is 0.376 e. The van der Waals surface area contributed by atoms with Gasteiger partial charge in [0.05, 0.1) is 15.9 Å². The van der Waals surface area contributed by atoms with Crippen LogP contribution in [0.4, 0.5) is 0 Å². The molecule has 1 aliphatic rings. The van der Waals surface area contributed by atoms with Gasteiger partial charge in [-0.1, -0.05) is 6.92 Å². The lowest BCUT2D eigenvalue weighted by Crippen LogP contribution is -2.31. The van der Waals surface area contributed by atoms with Crippen LogP contribution in [0, 0.1) is 0 Å². The van der Waals surface area contributed by atoms with Crippen LogP contribution in [0.2, 0.25) is 0 Å². The van der Waals surface area contributed by atoms with Crippen molar-refractivity contribution in [2.45, 2.75) is 38.3 Å². The second-order valence-electron chi connectivity index (χ2n) is 4.25. The maximum absolute atomic E-state index is 5.83. The van der Waals surface area contributed by atoms with E-state index < -0.39 is 0 Å². The second-order valence-corrected chi connectivity index (χ2v) is 7.51. The van der Waals surface area contributed by atoms with Gasteiger partial charge in [0.15, 0.2) is 0 Å². The molecule has 2 unspecified atom stereocenters. The lowest BCUT2D eigenvalue weighted by atomic mass is 10.1. The first-order valence-electron chi connectivity index (χ1n) is 6.02. The molecule has 2 rings (SSSR count). The van der Waals surface area contributed by atoms with Gasteiger partial charge in [0.2, 0.25) is 0 Å². The molecular weight excluding hydrogens is 366 g/mol. The quantitative estimate of drug-likeness (QED) is 0.809. The van der Waals surface area contributed by atoms with Crippen molar-refractivity contribution < 1.29 is 4.74 Å². The Balaban J connectivity index is 2.13. The number of hydrogen-bond donors (Lipinski definition) is 1. The van der Waals surface area contributed by atoms with Gasteiger partial charge in [0, 0.05) is 16.0 Å². The number of rotatable bonds is 5. The van der Waals surface area contributed by atoms with Crippen LogP contribution >= 0.6 is 43.2 Å². The third-order valence-corrected chi connectivity index (χ3v) is 6.26. The molecule has 0 aliphatic carbocycles. The summed E-state index contributed by atoms with van der Waals surface area (Å²) in [5, 5.41) is 3.61. The topological polar surface area (TPSA) is 21.3 Å². The van der Waals surface area contributed by atoms with E-state index in [4.69, 9.17) is 4.74 Å². The smallest absolute Gasteiger partial charge is 0.0843 e. The van der Waals surface area contributed by atoms with E-state index in [9.17, 15) is 0 Å². The molecule has 0 radical (unpaired) electrons. The molecule has 1 aromatic heterocycles. The normalized spacial score (nSPS) is 21.9. The van der Waals surface area contributed by atoms with Crippen molar-refractivity contribution in [2.75, 3.05) is 13.2 Å². The Labute approximate surface area is 123 Å². The van der Waals surface area contributed by atoms with Gasteiger partial charge < -0.3 is 10.1 Å². The number of halogens is 2. The van der Waals surface area contributed by atoms with Crippen molar-refractivity contribution in [1.82, 2.24) is 5.32 Å². The van der Waals surface area contributed by atoms with Gasteiger partial charge >= 0.3 is 0 Å². The van der Waals surface area contributed by atoms with Crippen LogP contribution in [0.15, 0.2) is 14.3 Å². The van der Waals surface area contributed by atoms with Gasteiger partial charge in [0.25, 0.3) is 0 Å². The van der Waals surface area contributed by atoms with Gasteiger partial charge in [-0.05, 0) is 63.7 Å². The molecule has 1 aliphatic heterocycles. The SMILES string of the molecule is CCCNC(c1cc(Br)c(Br)s1)C1CCCO1. The van der Waals surface area contributed by atoms with Crippen molar-refractivity contribution >= 4 is 43.2 Å². The van der Waals surface area contributed by atoms with E-state index >= 15 is 0 Å². The summed E-state index contributed by atoms with van der Waals surface area (Å²) in [7, 11) is 0. The van der Waals surface area contributed by atoms with Gasteiger partial charge in [0.1, 0.15) is 0 Å². The molecule has 0 bridgehead atoms. The molecular formula is C12H17Br2NOS. The molecule has 1 N–H and O–H groups in total. The van der Waals surface area contributed by atoms with Gasteiger partial charge in [-0.25, -0.2) is 0 Å². The second kappa shape index (κ2) is 6.66. The van der Waals surface area contributed by atoms with E-state index in [1.807, 2.05) is 0 Å². The van der Waals surface area contributed by atoms with Crippen LogP contribution in [0.3, 0.4) is 0 Å². The Morgan fingerprint density at radius 1 is 1.59 bits per heavy atom. The van der Waals surface area contributed by atoms with Crippen molar-refractivity contribution in [3.63, 3.8) is 0 Å². The maximum Gasteiger partial charge on any atom is 0.0843 e. The van der Waals surface area contributed by atoms with Crippen molar-refractivity contribution in [3.05, 3.63) is 19.2 Å². The monoisotopic (exact) mass is 381 g/mol. The zero-order valence-corrected chi connectivity index (χ0v) is 13.8. The Hall–Kier alpha value is 0.580.